The molecule has 0 radical (unpaired) electrons. The lowest BCUT2D eigenvalue weighted by molar-refractivity contribution is 0.209. The van der Waals surface area contributed by atoms with Gasteiger partial charge in [0.05, 0.1) is 6.21 Å². The van der Waals surface area contributed by atoms with E-state index in [1.54, 1.807) is 11.6 Å². The molecule has 7 heteroatoms. The van der Waals surface area contributed by atoms with Crippen molar-refractivity contribution in [1.82, 2.24) is 9.88 Å². The van der Waals surface area contributed by atoms with Crippen LogP contribution in [0.2, 0.25) is 0 Å². The lowest BCUT2D eigenvalue weighted by Gasteiger charge is -2.38. The molecule has 0 amide bonds. The van der Waals surface area contributed by atoms with E-state index in [0.29, 0.717) is 17.0 Å². The molecule has 2 aromatic rings. The molecule has 1 aliphatic heterocycles. The van der Waals surface area contributed by atoms with Crippen LogP contribution >= 0.6 is 11.3 Å². The Morgan fingerprint density at radius 1 is 1.21 bits per heavy atom. The summed E-state index contributed by atoms with van der Waals surface area (Å²) >= 11 is 1.44. The van der Waals surface area contributed by atoms with Crippen LogP contribution in [-0.4, -0.2) is 48.3 Å². The molecule has 0 spiro atoms. The summed E-state index contributed by atoms with van der Waals surface area (Å²) in [5, 5.41) is 6.67. The lowest BCUT2D eigenvalue weighted by atomic mass is 10.2. The summed E-state index contributed by atoms with van der Waals surface area (Å²) in [4.78, 5) is 9.06. The summed E-state index contributed by atoms with van der Waals surface area (Å²) in [6.07, 6.45) is 1.79. The topological polar surface area (TPSA) is 69.8 Å². The number of hydrazone groups is 1. The molecule has 1 aliphatic rings. The number of thiazole rings is 1. The number of nitrogens with zero attached hydrogens (tertiary/aromatic N) is 4. The zero-order chi connectivity index (χ0) is 16.9. The number of nitrogens with one attached hydrogen (secondary N) is 1. The highest BCUT2D eigenvalue weighted by Gasteiger charge is 2.18. The lowest BCUT2D eigenvalue weighted by Crippen LogP contribution is -2.48. The van der Waals surface area contributed by atoms with Crippen LogP contribution in [0.5, 0.6) is 0 Å². The van der Waals surface area contributed by atoms with Crippen LogP contribution in [0.25, 0.3) is 0 Å². The van der Waals surface area contributed by atoms with Gasteiger partial charge in [0, 0.05) is 43.3 Å². The third kappa shape index (κ3) is 4.24. The van der Waals surface area contributed by atoms with Gasteiger partial charge in [0.15, 0.2) is 0 Å². The van der Waals surface area contributed by atoms with E-state index in [-0.39, 0.29) is 0 Å². The maximum Gasteiger partial charge on any atom is 0.205 e. The SMILES string of the molecule is CC(C)N1CCN(c2ccc(C=NNc3nc(N)cs3)cc2)CC1. The molecule has 0 atom stereocenters. The molecule has 128 valence electrons. The van der Waals surface area contributed by atoms with Crippen molar-refractivity contribution in [3.63, 3.8) is 0 Å². The number of piperazine rings is 1. The Morgan fingerprint density at radius 2 is 1.92 bits per heavy atom. The minimum atomic E-state index is 0.514. The normalized spacial score (nSPS) is 16.2. The highest BCUT2D eigenvalue weighted by Crippen LogP contribution is 2.18. The van der Waals surface area contributed by atoms with Crippen molar-refractivity contribution in [3.05, 3.63) is 35.2 Å². The van der Waals surface area contributed by atoms with Crippen molar-refractivity contribution >= 4 is 34.2 Å². The Labute approximate surface area is 147 Å². The first kappa shape index (κ1) is 16.7. The van der Waals surface area contributed by atoms with Crippen molar-refractivity contribution in [2.45, 2.75) is 19.9 Å². The largest absolute Gasteiger partial charge is 0.383 e. The van der Waals surface area contributed by atoms with Crippen LogP contribution in [0.15, 0.2) is 34.7 Å². The van der Waals surface area contributed by atoms with Crippen LogP contribution in [0.4, 0.5) is 16.6 Å². The van der Waals surface area contributed by atoms with Crippen LogP contribution in [0.3, 0.4) is 0 Å². The predicted molar refractivity (Wildman–Crippen MR) is 103 cm³/mol. The maximum absolute atomic E-state index is 5.57. The summed E-state index contributed by atoms with van der Waals surface area (Å²) in [7, 11) is 0. The minimum Gasteiger partial charge on any atom is -0.383 e. The first-order valence-electron chi connectivity index (χ1n) is 8.21. The highest BCUT2D eigenvalue weighted by molar-refractivity contribution is 7.14. The number of nitrogen functional groups attached to an aromatic ring is 1. The molecule has 1 saturated heterocycles. The highest BCUT2D eigenvalue weighted by atomic mass is 32.1. The van der Waals surface area contributed by atoms with Crippen LogP contribution in [0.1, 0.15) is 19.4 Å². The second-order valence-electron chi connectivity index (χ2n) is 6.16. The van der Waals surface area contributed by atoms with E-state index in [9.17, 15) is 0 Å². The molecule has 1 fully saturated rings. The number of benzene rings is 1. The maximum atomic E-state index is 5.57. The molecule has 0 unspecified atom stereocenters. The van der Waals surface area contributed by atoms with Crippen molar-refractivity contribution in [2.24, 2.45) is 5.10 Å². The number of hydrogen-bond acceptors (Lipinski definition) is 7. The molecule has 0 saturated carbocycles. The number of aromatic nitrogens is 1. The third-order valence-corrected chi connectivity index (χ3v) is 4.96. The van der Waals surface area contributed by atoms with Gasteiger partial charge >= 0.3 is 0 Å². The standard InChI is InChI=1S/C17H24N6S/c1-13(2)22-7-9-23(10-8-22)15-5-3-14(4-6-15)11-19-21-17-20-16(18)12-24-17/h3-6,11-13H,7-10,18H2,1-2H3,(H,20,21). The molecule has 24 heavy (non-hydrogen) atoms. The van der Waals surface area contributed by atoms with Crippen LogP contribution in [-0.2, 0) is 0 Å². The van der Waals surface area contributed by atoms with Gasteiger partial charge in [-0.1, -0.05) is 12.1 Å². The van der Waals surface area contributed by atoms with E-state index >= 15 is 0 Å². The van der Waals surface area contributed by atoms with Crippen LogP contribution in [0, 0.1) is 0 Å². The minimum absolute atomic E-state index is 0.514. The summed E-state index contributed by atoms with van der Waals surface area (Å²) < 4.78 is 0. The van der Waals surface area contributed by atoms with E-state index in [4.69, 9.17) is 5.73 Å². The summed E-state index contributed by atoms with van der Waals surface area (Å²) in [6, 6.07) is 9.13. The van der Waals surface area contributed by atoms with E-state index in [2.05, 4.69) is 63.4 Å². The average Bonchev–Trinajstić information content (AvgIpc) is 3.01. The number of rotatable bonds is 5. The van der Waals surface area contributed by atoms with Gasteiger partial charge in [-0.3, -0.25) is 10.3 Å². The fourth-order valence-corrected chi connectivity index (χ4v) is 3.32. The van der Waals surface area contributed by atoms with Gasteiger partial charge in [0.2, 0.25) is 5.13 Å². The van der Waals surface area contributed by atoms with Gasteiger partial charge in [0.1, 0.15) is 5.82 Å². The summed E-state index contributed by atoms with van der Waals surface area (Å²) in [5.41, 5.74) is 10.8. The van der Waals surface area contributed by atoms with Gasteiger partial charge in [-0.15, -0.1) is 11.3 Å². The number of nitrogens with two attached hydrogens (primary N) is 1. The average molecular weight is 344 g/mol. The van der Waals surface area contributed by atoms with Crippen molar-refractivity contribution < 1.29 is 0 Å². The Bertz CT molecular complexity index is 671. The molecule has 3 rings (SSSR count). The first-order valence-corrected chi connectivity index (χ1v) is 9.09. The van der Waals surface area contributed by atoms with Crippen molar-refractivity contribution in [3.8, 4) is 0 Å². The molecule has 3 N–H and O–H groups in total. The number of anilines is 3. The van der Waals surface area contributed by atoms with E-state index in [0.717, 1.165) is 31.7 Å². The molecule has 0 bridgehead atoms. The Morgan fingerprint density at radius 3 is 2.50 bits per heavy atom. The van der Waals surface area contributed by atoms with Crippen molar-refractivity contribution in [2.75, 3.05) is 42.2 Å². The zero-order valence-corrected chi connectivity index (χ0v) is 15.0. The van der Waals surface area contributed by atoms with E-state index in [1.165, 1.54) is 17.0 Å². The van der Waals surface area contributed by atoms with E-state index in [1.807, 2.05) is 0 Å². The molecule has 2 heterocycles. The summed E-state index contributed by atoms with van der Waals surface area (Å²) in [5.74, 6) is 0.514. The fraction of sp³-hybridized carbons (Fsp3) is 0.412. The first-order chi connectivity index (χ1) is 11.6. The second kappa shape index (κ2) is 7.63. The summed E-state index contributed by atoms with van der Waals surface area (Å²) in [6.45, 7) is 8.94. The Hall–Kier alpha value is -2.12. The quantitative estimate of drug-likeness (QED) is 0.645. The van der Waals surface area contributed by atoms with Gasteiger partial charge in [-0.2, -0.15) is 5.10 Å². The van der Waals surface area contributed by atoms with Gasteiger partial charge in [-0.05, 0) is 31.5 Å². The van der Waals surface area contributed by atoms with Gasteiger partial charge < -0.3 is 10.6 Å². The Kier molecular flexibility index (Phi) is 5.32. The molecule has 1 aromatic heterocycles. The fourth-order valence-electron chi connectivity index (χ4n) is 2.77. The zero-order valence-electron chi connectivity index (χ0n) is 14.1. The monoisotopic (exact) mass is 344 g/mol. The molecular formula is C17H24N6S. The van der Waals surface area contributed by atoms with Crippen molar-refractivity contribution in [1.29, 1.82) is 0 Å². The smallest absolute Gasteiger partial charge is 0.205 e. The molecular weight excluding hydrogens is 320 g/mol. The molecule has 1 aromatic carbocycles. The molecule has 6 nitrogen and oxygen atoms in total. The van der Waals surface area contributed by atoms with Crippen LogP contribution < -0.4 is 16.1 Å². The second-order valence-corrected chi connectivity index (χ2v) is 7.01. The predicted octanol–water partition coefficient (Wildman–Crippen LogP) is 2.70. The third-order valence-electron chi connectivity index (χ3n) is 4.20. The van der Waals surface area contributed by atoms with Gasteiger partial charge in [0.25, 0.3) is 0 Å². The molecule has 0 aliphatic carbocycles. The number of hydrogen-bond donors (Lipinski definition) is 2. The van der Waals surface area contributed by atoms with Gasteiger partial charge in [-0.25, -0.2) is 4.98 Å². The Balaban J connectivity index is 1.54. The van der Waals surface area contributed by atoms with E-state index < -0.39 is 0 Å².